The van der Waals surface area contributed by atoms with Crippen LogP contribution < -0.4 is 5.73 Å². The van der Waals surface area contributed by atoms with Gasteiger partial charge in [0, 0.05) is 21.6 Å². The van der Waals surface area contributed by atoms with Crippen molar-refractivity contribution in [3.63, 3.8) is 0 Å². The number of hydrogen-bond donors (Lipinski definition) is 1. The van der Waals surface area contributed by atoms with E-state index >= 15 is 0 Å². The van der Waals surface area contributed by atoms with Crippen LogP contribution in [0.25, 0.3) is 22.3 Å². The van der Waals surface area contributed by atoms with Crippen LogP contribution >= 0.6 is 15.9 Å². The van der Waals surface area contributed by atoms with Gasteiger partial charge in [-0.25, -0.2) is 0 Å². The maximum absolute atomic E-state index is 6.08. The molecule has 0 atom stereocenters. The van der Waals surface area contributed by atoms with Crippen molar-refractivity contribution in [2.24, 2.45) is 0 Å². The molecular weight excluding hydrogens is 280 g/mol. The fraction of sp³-hybridized carbons (Fsp3) is 0. The van der Waals surface area contributed by atoms with Gasteiger partial charge in [-0.15, -0.1) is 0 Å². The van der Waals surface area contributed by atoms with Gasteiger partial charge in [0.2, 0.25) is 0 Å². The third kappa shape index (κ3) is 1.70. The predicted octanol–water partition coefficient (Wildman–Crippen LogP) is 3.84. The van der Waals surface area contributed by atoms with Crippen LogP contribution in [0, 0.1) is 0 Å². The van der Waals surface area contributed by atoms with E-state index in [1.165, 1.54) is 0 Å². The summed E-state index contributed by atoms with van der Waals surface area (Å²) in [6, 6.07) is 9.70. The molecule has 1 aromatic carbocycles. The summed E-state index contributed by atoms with van der Waals surface area (Å²) >= 11 is 3.40. The number of pyridine rings is 1. The Kier molecular flexibility index (Phi) is 2.37. The summed E-state index contributed by atoms with van der Waals surface area (Å²) in [6.07, 6.45) is 3.38. The largest absolute Gasteiger partial charge is 0.452 e. The topological polar surface area (TPSA) is 52.0 Å². The fourth-order valence-electron chi connectivity index (χ4n) is 1.79. The molecule has 84 valence electrons. The van der Waals surface area contributed by atoms with Crippen molar-refractivity contribution in [3.05, 3.63) is 47.2 Å². The Balaban J connectivity index is 2.24. The molecule has 2 aromatic heterocycles. The first-order chi connectivity index (χ1) is 8.25. The quantitative estimate of drug-likeness (QED) is 0.740. The SMILES string of the molecule is Nc1c(-c2ccc(Br)cc2)oc2cnccc12. The number of halogens is 1. The normalized spacial score (nSPS) is 10.9. The van der Waals surface area contributed by atoms with Gasteiger partial charge < -0.3 is 10.2 Å². The third-order valence-corrected chi connectivity index (χ3v) is 3.17. The molecule has 4 heteroatoms. The van der Waals surface area contributed by atoms with Crippen molar-refractivity contribution in [2.75, 3.05) is 5.73 Å². The van der Waals surface area contributed by atoms with Gasteiger partial charge in [-0.1, -0.05) is 28.1 Å². The summed E-state index contributed by atoms with van der Waals surface area (Å²) in [4.78, 5) is 4.02. The number of furan rings is 1. The van der Waals surface area contributed by atoms with Crippen LogP contribution in [0.15, 0.2) is 51.6 Å². The lowest BCUT2D eigenvalue weighted by atomic mass is 10.1. The summed E-state index contributed by atoms with van der Waals surface area (Å²) in [6.45, 7) is 0. The number of rotatable bonds is 1. The summed E-state index contributed by atoms with van der Waals surface area (Å²) in [5, 5.41) is 0.901. The van der Waals surface area contributed by atoms with Gasteiger partial charge in [0.05, 0.1) is 11.9 Å². The average Bonchev–Trinajstić information content (AvgIpc) is 2.69. The van der Waals surface area contributed by atoms with Crippen LogP contribution in [-0.2, 0) is 0 Å². The number of fused-ring (bicyclic) bond motifs is 1. The molecule has 2 N–H and O–H groups in total. The van der Waals surface area contributed by atoms with Gasteiger partial charge in [0.1, 0.15) is 0 Å². The van der Waals surface area contributed by atoms with E-state index in [1.807, 2.05) is 30.3 Å². The Hall–Kier alpha value is -1.81. The van der Waals surface area contributed by atoms with Crippen LogP contribution in [0.4, 0.5) is 5.69 Å². The van der Waals surface area contributed by atoms with Gasteiger partial charge >= 0.3 is 0 Å². The second-order valence-corrected chi connectivity index (χ2v) is 4.64. The highest BCUT2D eigenvalue weighted by Crippen LogP contribution is 2.35. The van der Waals surface area contributed by atoms with Gasteiger partial charge in [0.15, 0.2) is 11.3 Å². The molecule has 0 radical (unpaired) electrons. The molecule has 0 amide bonds. The minimum Gasteiger partial charge on any atom is -0.452 e. The minimum atomic E-state index is 0.657. The number of nitrogens with zero attached hydrogens (tertiary/aromatic N) is 1. The first-order valence-corrected chi connectivity index (χ1v) is 5.93. The molecule has 0 aliphatic heterocycles. The summed E-state index contributed by atoms with van der Waals surface area (Å²) in [7, 11) is 0. The van der Waals surface area contributed by atoms with E-state index in [-0.39, 0.29) is 0 Å². The molecule has 0 saturated heterocycles. The Morgan fingerprint density at radius 2 is 1.88 bits per heavy atom. The number of nitrogens with two attached hydrogens (primary N) is 1. The Morgan fingerprint density at radius 1 is 1.12 bits per heavy atom. The van der Waals surface area contributed by atoms with E-state index in [0.717, 1.165) is 15.4 Å². The van der Waals surface area contributed by atoms with Crippen LogP contribution in [0.1, 0.15) is 0 Å². The second-order valence-electron chi connectivity index (χ2n) is 3.72. The number of anilines is 1. The third-order valence-electron chi connectivity index (χ3n) is 2.64. The first kappa shape index (κ1) is 10.4. The Bertz CT molecular complexity index is 673. The monoisotopic (exact) mass is 288 g/mol. The summed E-state index contributed by atoms with van der Waals surface area (Å²) in [5.74, 6) is 0.695. The van der Waals surface area contributed by atoms with Gasteiger partial charge in [0.25, 0.3) is 0 Å². The van der Waals surface area contributed by atoms with Crippen molar-refractivity contribution >= 4 is 32.6 Å². The van der Waals surface area contributed by atoms with E-state index in [0.29, 0.717) is 17.0 Å². The maximum atomic E-state index is 6.08. The van der Waals surface area contributed by atoms with E-state index in [2.05, 4.69) is 20.9 Å². The molecule has 0 unspecified atom stereocenters. The summed E-state index contributed by atoms with van der Waals surface area (Å²) < 4.78 is 6.75. The van der Waals surface area contributed by atoms with Crippen LogP contribution in [0.5, 0.6) is 0 Å². The minimum absolute atomic E-state index is 0.657. The molecule has 0 bridgehead atoms. The summed E-state index contributed by atoms with van der Waals surface area (Å²) in [5.41, 5.74) is 8.40. The lowest BCUT2D eigenvalue weighted by Crippen LogP contribution is -1.85. The second kappa shape index (κ2) is 3.89. The predicted molar refractivity (Wildman–Crippen MR) is 71.6 cm³/mol. The molecule has 0 aliphatic carbocycles. The van der Waals surface area contributed by atoms with Gasteiger partial charge in [-0.05, 0) is 18.2 Å². The van der Waals surface area contributed by atoms with E-state index in [9.17, 15) is 0 Å². The average molecular weight is 289 g/mol. The zero-order chi connectivity index (χ0) is 11.8. The van der Waals surface area contributed by atoms with Crippen molar-refractivity contribution < 1.29 is 4.42 Å². The standard InChI is InChI=1S/C13H9BrN2O/c14-9-3-1-8(2-4-9)13-12(15)10-5-6-16-7-11(10)17-13/h1-7H,15H2. The smallest absolute Gasteiger partial charge is 0.158 e. The highest BCUT2D eigenvalue weighted by atomic mass is 79.9. The number of hydrogen-bond acceptors (Lipinski definition) is 3. The fourth-order valence-corrected chi connectivity index (χ4v) is 2.05. The number of aromatic nitrogens is 1. The molecule has 0 aliphatic rings. The molecule has 0 spiro atoms. The lowest BCUT2D eigenvalue weighted by Gasteiger charge is -1.98. The molecule has 0 fully saturated rings. The molecule has 17 heavy (non-hydrogen) atoms. The zero-order valence-electron chi connectivity index (χ0n) is 8.85. The van der Waals surface area contributed by atoms with Crippen molar-refractivity contribution in [3.8, 4) is 11.3 Å². The van der Waals surface area contributed by atoms with Crippen LogP contribution in [0.2, 0.25) is 0 Å². The van der Waals surface area contributed by atoms with Gasteiger partial charge in [-0.3, -0.25) is 4.98 Å². The molecule has 0 saturated carbocycles. The molecular formula is C13H9BrN2O. The molecule has 2 heterocycles. The molecule has 3 rings (SSSR count). The highest BCUT2D eigenvalue weighted by Gasteiger charge is 2.12. The first-order valence-electron chi connectivity index (χ1n) is 5.13. The molecule has 3 aromatic rings. The van der Waals surface area contributed by atoms with Crippen molar-refractivity contribution in [1.29, 1.82) is 0 Å². The van der Waals surface area contributed by atoms with Crippen molar-refractivity contribution in [2.45, 2.75) is 0 Å². The van der Waals surface area contributed by atoms with E-state index in [1.54, 1.807) is 12.4 Å². The Morgan fingerprint density at radius 3 is 2.59 bits per heavy atom. The van der Waals surface area contributed by atoms with Gasteiger partial charge in [-0.2, -0.15) is 0 Å². The van der Waals surface area contributed by atoms with Crippen molar-refractivity contribution in [1.82, 2.24) is 4.98 Å². The van der Waals surface area contributed by atoms with Crippen LogP contribution in [-0.4, -0.2) is 4.98 Å². The number of benzene rings is 1. The highest BCUT2D eigenvalue weighted by molar-refractivity contribution is 9.10. The van der Waals surface area contributed by atoms with E-state index in [4.69, 9.17) is 10.2 Å². The zero-order valence-corrected chi connectivity index (χ0v) is 10.4. The Labute approximate surface area is 106 Å². The van der Waals surface area contributed by atoms with E-state index < -0.39 is 0 Å². The van der Waals surface area contributed by atoms with Crippen LogP contribution in [0.3, 0.4) is 0 Å². The number of nitrogen functional groups attached to an aromatic ring is 1. The lowest BCUT2D eigenvalue weighted by molar-refractivity contribution is 0.631. The maximum Gasteiger partial charge on any atom is 0.158 e. The molecule has 3 nitrogen and oxygen atoms in total.